The Labute approximate surface area is 284 Å². The van der Waals surface area contributed by atoms with Gasteiger partial charge in [0.15, 0.2) is 0 Å². The van der Waals surface area contributed by atoms with Gasteiger partial charge in [0.2, 0.25) is 0 Å². The second-order valence-electron chi connectivity index (χ2n) is 13.1. The molecule has 47 heavy (non-hydrogen) atoms. The second-order valence-corrected chi connectivity index (χ2v) is 13.1. The van der Waals surface area contributed by atoms with E-state index in [9.17, 15) is 9.59 Å². The van der Waals surface area contributed by atoms with Crippen LogP contribution >= 0.6 is 0 Å². The number of unbranched alkanes of at least 4 members (excludes halogenated alkanes) is 16. The van der Waals surface area contributed by atoms with Crippen molar-refractivity contribution < 1.29 is 23.8 Å². The average Bonchev–Trinajstić information content (AvgIpc) is 3.09. The molecule has 0 radical (unpaired) electrons. The molecule has 0 N–H and O–H groups in total. The SMILES string of the molecule is CCCCCCCCCCCCOc1ccc(C(=O)Oc2ccc3cc([C@H](C)C(=O)OCCCCCCCCCC)ccc3c2)cc1. The third-order valence-electron chi connectivity index (χ3n) is 9.00. The van der Waals surface area contributed by atoms with Gasteiger partial charge in [-0.2, -0.15) is 0 Å². The van der Waals surface area contributed by atoms with Crippen molar-refractivity contribution in [1.29, 1.82) is 0 Å². The van der Waals surface area contributed by atoms with Crippen molar-refractivity contribution in [3.05, 3.63) is 71.8 Å². The maximum Gasteiger partial charge on any atom is 0.343 e. The summed E-state index contributed by atoms with van der Waals surface area (Å²) in [7, 11) is 0. The number of rotatable bonds is 25. The first-order chi connectivity index (χ1) is 23.0. The molecule has 0 aliphatic rings. The van der Waals surface area contributed by atoms with E-state index in [2.05, 4.69) is 13.8 Å². The molecule has 0 unspecified atom stereocenters. The molecule has 258 valence electrons. The Kier molecular flexibility index (Phi) is 18.7. The topological polar surface area (TPSA) is 61.8 Å². The molecule has 0 saturated heterocycles. The third kappa shape index (κ3) is 15.0. The predicted octanol–water partition coefficient (Wildman–Crippen LogP) is 12.1. The van der Waals surface area contributed by atoms with Crippen LogP contribution in [0.4, 0.5) is 0 Å². The van der Waals surface area contributed by atoms with Gasteiger partial charge < -0.3 is 14.2 Å². The monoisotopic (exact) mass is 644 g/mol. The van der Waals surface area contributed by atoms with Gasteiger partial charge in [0.05, 0.1) is 24.7 Å². The van der Waals surface area contributed by atoms with Crippen LogP contribution in [-0.4, -0.2) is 25.2 Å². The highest BCUT2D eigenvalue weighted by atomic mass is 16.5. The summed E-state index contributed by atoms with van der Waals surface area (Å²) in [5, 5.41) is 1.92. The number of fused-ring (bicyclic) bond motifs is 1. The Morgan fingerprint density at radius 1 is 0.553 bits per heavy atom. The summed E-state index contributed by atoms with van der Waals surface area (Å²) in [4.78, 5) is 25.5. The smallest absolute Gasteiger partial charge is 0.343 e. The van der Waals surface area contributed by atoms with Crippen LogP contribution in [0.15, 0.2) is 60.7 Å². The molecule has 0 fully saturated rings. The molecule has 0 aromatic heterocycles. The summed E-state index contributed by atoms with van der Waals surface area (Å²) in [5.41, 5.74) is 1.39. The molecular weight excluding hydrogens is 584 g/mol. The molecule has 0 bridgehead atoms. The van der Waals surface area contributed by atoms with Crippen LogP contribution in [0, 0.1) is 0 Å². The van der Waals surface area contributed by atoms with E-state index in [-0.39, 0.29) is 11.9 Å². The van der Waals surface area contributed by atoms with Gasteiger partial charge in [-0.15, -0.1) is 0 Å². The van der Waals surface area contributed by atoms with Gasteiger partial charge in [-0.25, -0.2) is 4.79 Å². The number of ether oxygens (including phenoxy) is 3. The highest BCUT2D eigenvalue weighted by molar-refractivity contribution is 5.92. The number of benzene rings is 3. The minimum atomic E-state index is -0.407. The minimum absolute atomic E-state index is 0.187. The largest absolute Gasteiger partial charge is 0.494 e. The third-order valence-corrected chi connectivity index (χ3v) is 9.00. The molecule has 0 spiro atoms. The van der Waals surface area contributed by atoms with Crippen LogP contribution < -0.4 is 9.47 Å². The van der Waals surface area contributed by atoms with E-state index in [4.69, 9.17) is 14.2 Å². The highest BCUT2D eigenvalue weighted by Crippen LogP contribution is 2.27. The van der Waals surface area contributed by atoms with E-state index in [1.165, 1.54) is 96.3 Å². The lowest BCUT2D eigenvalue weighted by Crippen LogP contribution is -2.14. The Hall–Kier alpha value is -3.34. The first kappa shape index (κ1) is 38.1. The van der Waals surface area contributed by atoms with Crippen molar-refractivity contribution >= 4 is 22.7 Å². The zero-order valence-electron chi connectivity index (χ0n) is 29.5. The molecule has 3 rings (SSSR count). The van der Waals surface area contributed by atoms with E-state index in [0.29, 0.717) is 24.5 Å². The number of hydrogen-bond donors (Lipinski definition) is 0. The van der Waals surface area contributed by atoms with Crippen LogP contribution in [-0.2, 0) is 9.53 Å². The maximum absolute atomic E-state index is 12.8. The van der Waals surface area contributed by atoms with Crippen molar-refractivity contribution in [3.63, 3.8) is 0 Å². The fraction of sp³-hybridized carbons (Fsp3) is 0.571. The standard InChI is InChI=1S/C42H60O5/c1-4-6-8-10-12-14-15-17-18-20-30-45-39-27-24-35(25-28-39)42(44)47-40-29-26-37-32-36(22-23-38(37)33-40)34(3)41(43)46-31-21-19-16-13-11-9-7-5-2/h22-29,32-34H,4-21,30-31H2,1-3H3/t34-/m0/s1. The van der Waals surface area contributed by atoms with E-state index < -0.39 is 5.97 Å². The maximum atomic E-state index is 12.8. The van der Waals surface area contributed by atoms with Crippen molar-refractivity contribution in [2.24, 2.45) is 0 Å². The summed E-state index contributed by atoms with van der Waals surface area (Å²) < 4.78 is 17.1. The Bertz CT molecular complexity index is 1300. The summed E-state index contributed by atoms with van der Waals surface area (Å²) >= 11 is 0. The van der Waals surface area contributed by atoms with E-state index in [1.807, 2.05) is 49.4 Å². The average molecular weight is 645 g/mol. The van der Waals surface area contributed by atoms with E-state index in [0.717, 1.165) is 41.3 Å². The number of carbonyl (C=O) groups is 2. The van der Waals surface area contributed by atoms with Gasteiger partial charge in [-0.3, -0.25) is 4.79 Å². The fourth-order valence-electron chi connectivity index (χ4n) is 5.88. The van der Waals surface area contributed by atoms with Crippen LogP contribution in [0.5, 0.6) is 11.5 Å². The van der Waals surface area contributed by atoms with Crippen LogP contribution in [0.2, 0.25) is 0 Å². The Morgan fingerprint density at radius 2 is 1.04 bits per heavy atom. The zero-order chi connectivity index (χ0) is 33.5. The lowest BCUT2D eigenvalue weighted by Gasteiger charge is -2.13. The minimum Gasteiger partial charge on any atom is -0.494 e. The van der Waals surface area contributed by atoms with Gasteiger partial charge in [0.1, 0.15) is 11.5 Å². The second kappa shape index (κ2) is 23.1. The summed E-state index contributed by atoms with van der Waals surface area (Å²) in [6.07, 6.45) is 22.7. The van der Waals surface area contributed by atoms with Crippen molar-refractivity contribution in [2.75, 3.05) is 13.2 Å². The van der Waals surface area contributed by atoms with Gasteiger partial charge in [-0.05, 0) is 72.5 Å². The fourth-order valence-corrected chi connectivity index (χ4v) is 5.88. The first-order valence-electron chi connectivity index (χ1n) is 18.7. The molecule has 3 aromatic rings. The number of carbonyl (C=O) groups excluding carboxylic acids is 2. The van der Waals surface area contributed by atoms with Crippen molar-refractivity contribution in [1.82, 2.24) is 0 Å². The predicted molar refractivity (Wildman–Crippen MR) is 195 cm³/mol. The molecule has 0 aliphatic carbocycles. The molecule has 3 aromatic carbocycles. The molecule has 5 heteroatoms. The van der Waals surface area contributed by atoms with E-state index >= 15 is 0 Å². The first-order valence-corrected chi connectivity index (χ1v) is 18.7. The van der Waals surface area contributed by atoms with Gasteiger partial charge >= 0.3 is 11.9 Å². The Balaban J connectivity index is 1.36. The zero-order valence-corrected chi connectivity index (χ0v) is 29.5. The molecule has 0 aliphatic heterocycles. The lowest BCUT2D eigenvalue weighted by molar-refractivity contribution is -0.145. The Morgan fingerprint density at radius 3 is 1.64 bits per heavy atom. The van der Waals surface area contributed by atoms with E-state index in [1.54, 1.807) is 18.2 Å². The number of esters is 2. The molecule has 0 amide bonds. The van der Waals surface area contributed by atoms with Gasteiger partial charge in [0, 0.05) is 0 Å². The number of hydrogen-bond acceptors (Lipinski definition) is 5. The molecule has 5 nitrogen and oxygen atoms in total. The van der Waals surface area contributed by atoms with Gasteiger partial charge in [-0.1, -0.05) is 141 Å². The molecule has 0 saturated carbocycles. The normalized spacial score (nSPS) is 11.8. The summed E-state index contributed by atoms with van der Waals surface area (Å²) in [6.45, 7) is 7.56. The highest BCUT2D eigenvalue weighted by Gasteiger charge is 2.17. The molecule has 0 heterocycles. The summed E-state index contributed by atoms with van der Waals surface area (Å²) in [6, 6.07) is 18.6. The molecule has 1 atom stereocenters. The van der Waals surface area contributed by atoms with Gasteiger partial charge in [0.25, 0.3) is 0 Å². The van der Waals surface area contributed by atoms with Crippen LogP contribution in [0.1, 0.15) is 158 Å². The quantitative estimate of drug-likeness (QED) is 0.0522. The van der Waals surface area contributed by atoms with Crippen molar-refractivity contribution in [2.45, 2.75) is 142 Å². The summed E-state index contributed by atoms with van der Waals surface area (Å²) in [5.74, 6) is 0.315. The van der Waals surface area contributed by atoms with Crippen LogP contribution in [0.3, 0.4) is 0 Å². The van der Waals surface area contributed by atoms with Crippen molar-refractivity contribution in [3.8, 4) is 11.5 Å². The molecular formula is C42H60O5. The lowest BCUT2D eigenvalue weighted by atomic mass is 9.98. The van der Waals surface area contributed by atoms with Crippen LogP contribution in [0.25, 0.3) is 10.8 Å².